The Bertz CT molecular complexity index is 717. The summed E-state index contributed by atoms with van der Waals surface area (Å²) in [6.07, 6.45) is -4.42. The number of H-pyrrole nitrogens is 1. The lowest BCUT2D eigenvalue weighted by Crippen LogP contribution is -2.22. The van der Waals surface area contributed by atoms with Crippen molar-refractivity contribution in [2.45, 2.75) is 32.4 Å². The summed E-state index contributed by atoms with van der Waals surface area (Å²) in [6.45, 7) is 5.84. The van der Waals surface area contributed by atoms with Crippen LogP contribution in [0.4, 0.5) is 24.7 Å². The van der Waals surface area contributed by atoms with Crippen molar-refractivity contribution in [1.82, 2.24) is 10.2 Å². The molecule has 0 aliphatic heterocycles. The van der Waals surface area contributed by atoms with Gasteiger partial charge in [-0.05, 0) is 18.2 Å². The maximum Gasteiger partial charge on any atom is 0.416 e. The van der Waals surface area contributed by atoms with Crippen molar-refractivity contribution < 1.29 is 18.0 Å². The highest BCUT2D eigenvalue weighted by Gasteiger charge is 2.30. The van der Waals surface area contributed by atoms with Gasteiger partial charge in [-0.15, -0.1) is 0 Å². The minimum absolute atomic E-state index is 0.133. The summed E-state index contributed by atoms with van der Waals surface area (Å²) in [5.74, 6) is -0.0323. The first-order chi connectivity index (χ1) is 11.1. The molecule has 0 aliphatic rings. The van der Waals surface area contributed by atoms with E-state index in [-0.39, 0.29) is 17.6 Å². The second kappa shape index (κ2) is 6.54. The zero-order valence-corrected chi connectivity index (χ0v) is 13.6. The van der Waals surface area contributed by atoms with Crippen molar-refractivity contribution in [2.24, 2.45) is 0 Å². The first-order valence-corrected chi connectivity index (χ1v) is 7.32. The number of carbonyl (C=O) groups is 1. The Kier molecular flexibility index (Phi) is 4.86. The van der Waals surface area contributed by atoms with Crippen LogP contribution in [0.3, 0.4) is 0 Å². The Labute approximate surface area is 137 Å². The van der Waals surface area contributed by atoms with Gasteiger partial charge in [0, 0.05) is 22.9 Å². The highest BCUT2D eigenvalue weighted by Crippen LogP contribution is 2.30. The molecule has 0 radical (unpaired) electrons. The third kappa shape index (κ3) is 4.74. The summed E-state index contributed by atoms with van der Waals surface area (Å²) >= 11 is 0. The molecule has 0 saturated carbocycles. The number of hydrogen-bond donors (Lipinski definition) is 3. The molecule has 1 heterocycles. The number of amides is 1. The predicted molar refractivity (Wildman–Crippen MR) is 85.9 cm³/mol. The highest BCUT2D eigenvalue weighted by atomic mass is 19.4. The number of carbonyl (C=O) groups excluding carboxylic acids is 1. The molecule has 1 aromatic heterocycles. The molecule has 0 bridgehead atoms. The Hall–Kier alpha value is -2.51. The lowest BCUT2D eigenvalue weighted by Gasteiger charge is -2.14. The molecule has 0 atom stereocenters. The smallest absolute Gasteiger partial charge is 0.376 e. The Balaban J connectivity index is 1.93. The van der Waals surface area contributed by atoms with Gasteiger partial charge in [0.25, 0.3) is 0 Å². The topological polar surface area (TPSA) is 69.8 Å². The van der Waals surface area contributed by atoms with Crippen LogP contribution in [0.25, 0.3) is 0 Å². The van der Waals surface area contributed by atoms with E-state index in [0.29, 0.717) is 5.82 Å². The molecule has 0 unspecified atom stereocenters. The molecule has 0 saturated heterocycles. The lowest BCUT2D eigenvalue weighted by molar-refractivity contribution is -0.137. The molecule has 5 nitrogen and oxygen atoms in total. The van der Waals surface area contributed by atoms with E-state index in [0.717, 1.165) is 17.8 Å². The molecule has 1 amide bonds. The van der Waals surface area contributed by atoms with Crippen LogP contribution < -0.4 is 10.6 Å². The number of anilines is 2. The maximum atomic E-state index is 12.6. The molecule has 0 spiro atoms. The molecular weight excluding hydrogens is 321 g/mol. The van der Waals surface area contributed by atoms with E-state index in [1.165, 1.54) is 12.1 Å². The van der Waals surface area contributed by atoms with Gasteiger partial charge in [0.1, 0.15) is 0 Å². The summed E-state index contributed by atoms with van der Waals surface area (Å²) in [6, 6.07) is 6.41. The quantitative estimate of drug-likeness (QED) is 0.793. The second-order valence-electron chi connectivity index (χ2n) is 6.40. The number of aromatic amines is 1. The van der Waals surface area contributed by atoms with Crippen LogP contribution in [0, 0.1) is 0 Å². The SMILES string of the molecule is CC(C)(C)c1cc(NC(=O)CNc2cccc(C(F)(F)F)c2)n[nH]1. The van der Waals surface area contributed by atoms with Gasteiger partial charge in [-0.1, -0.05) is 26.8 Å². The monoisotopic (exact) mass is 340 g/mol. The average molecular weight is 340 g/mol. The molecule has 0 aliphatic carbocycles. The fourth-order valence-corrected chi connectivity index (χ4v) is 1.94. The van der Waals surface area contributed by atoms with Crippen LogP contribution >= 0.6 is 0 Å². The van der Waals surface area contributed by atoms with Crippen LogP contribution in [0.2, 0.25) is 0 Å². The van der Waals surface area contributed by atoms with Crippen molar-refractivity contribution in [3.63, 3.8) is 0 Å². The van der Waals surface area contributed by atoms with E-state index in [1.54, 1.807) is 6.07 Å². The van der Waals surface area contributed by atoms with E-state index in [1.807, 2.05) is 20.8 Å². The number of nitrogens with one attached hydrogen (secondary N) is 3. The third-order valence-electron chi connectivity index (χ3n) is 3.30. The second-order valence-corrected chi connectivity index (χ2v) is 6.40. The van der Waals surface area contributed by atoms with Gasteiger partial charge in [0.05, 0.1) is 12.1 Å². The van der Waals surface area contributed by atoms with Gasteiger partial charge in [0.15, 0.2) is 5.82 Å². The van der Waals surface area contributed by atoms with Gasteiger partial charge in [-0.2, -0.15) is 18.3 Å². The first kappa shape index (κ1) is 17.8. The maximum absolute atomic E-state index is 12.6. The van der Waals surface area contributed by atoms with Crippen molar-refractivity contribution >= 4 is 17.4 Å². The van der Waals surface area contributed by atoms with Crippen molar-refractivity contribution in [2.75, 3.05) is 17.2 Å². The Morgan fingerprint density at radius 2 is 1.92 bits per heavy atom. The normalized spacial score (nSPS) is 12.1. The van der Waals surface area contributed by atoms with Crippen LogP contribution in [-0.4, -0.2) is 22.6 Å². The van der Waals surface area contributed by atoms with Gasteiger partial charge in [-0.25, -0.2) is 0 Å². The molecule has 2 rings (SSSR count). The summed E-state index contributed by atoms with van der Waals surface area (Å²) < 4.78 is 37.9. The zero-order valence-electron chi connectivity index (χ0n) is 13.6. The van der Waals surface area contributed by atoms with E-state index in [2.05, 4.69) is 20.8 Å². The minimum atomic E-state index is -4.42. The number of aromatic nitrogens is 2. The van der Waals surface area contributed by atoms with Gasteiger partial charge in [0.2, 0.25) is 5.91 Å². The molecule has 130 valence electrons. The van der Waals surface area contributed by atoms with E-state index in [9.17, 15) is 18.0 Å². The summed E-state index contributed by atoms with van der Waals surface area (Å²) in [7, 11) is 0. The molecule has 8 heteroatoms. The lowest BCUT2D eigenvalue weighted by atomic mass is 9.92. The fraction of sp³-hybridized carbons (Fsp3) is 0.375. The average Bonchev–Trinajstić information content (AvgIpc) is 2.93. The van der Waals surface area contributed by atoms with Gasteiger partial charge in [-0.3, -0.25) is 9.89 Å². The number of rotatable bonds is 4. The van der Waals surface area contributed by atoms with Crippen molar-refractivity contribution in [1.29, 1.82) is 0 Å². The molecular formula is C16H19F3N4O. The van der Waals surface area contributed by atoms with Crippen LogP contribution in [0.15, 0.2) is 30.3 Å². The Morgan fingerprint density at radius 1 is 1.21 bits per heavy atom. The van der Waals surface area contributed by atoms with Crippen molar-refractivity contribution in [3.05, 3.63) is 41.6 Å². The number of nitrogens with zero attached hydrogens (tertiary/aromatic N) is 1. The van der Waals surface area contributed by atoms with Gasteiger partial charge >= 0.3 is 6.18 Å². The number of benzene rings is 1. The standard InChI is InChI=1S/C16H19F3N4O/c1-15(2,3)12-8-13(23-22-12)21-14(24)9-20-11-6-4-5-10(7-11)16(17,18)19/h4-8,20H,9H2,1-3H3,(H2,21,22,23,24). The highest BCUT2D eigenvalue weighted by molar-refractivity contribution is 5.92. The van der Waals surface area contributed by atoms with E-state index < -0.39 is 17.6 Å². The predicted octanol–water partition coefficient (Wildman–Crippen LogP) is 3.78. The minimum Gasteiger partial charge on any atom is -0.376 e. The fourth-order valence-electron chi connectivity index (χ4n) is 1.94. The van der Waals surface area contributed by atoms with Crippen LogP contribution in [0.5, 0.6) is 0 Å². The van der Waals surface area contributed by atoms with Crippen LogP contribution in [-0.2, 0) is 16.4 Å². The zero-order chi connectivity index (χ0) is 18.0. The largest absolute Gasteiger partial charge is 0.416 e. The first-order valence-electron chi connectivity index (χ1n) is 7.32. The van der Waals surface area contributed by atoms with Crippen molar-refractivity contribution in [3.8, 4) is 0 Å². The number of halogens is 3. The molecule has 3 N–H and O–H groups in total. The molecule has 24 heavy (non-hydrogen) atoms. The number of hydrogen-bond acceptors (Lipinski definition) is 3. The number of alkyl halides is 3. The molecule has 2 aromatic rings. The molecule has 1 aromatic carbocycles. The van der Waals surface area contributed by atoms with Crippen LogP contribution in [0.1, 0.15) is 32.0 Å². The Morgan fingerprint density at radius 3 is 2.50 bits per heavy atom. The van der Waals surface area contributed by atoms with E-state index >= 15 is 0 Å². The molecule has 0 fully saturated rings. The summed E-state index contributed by atoms with van der Waals surface area (Å²) in [5, 5.41) is 12.1. The van der Waals surface area contributed by atoms with E-state index in [4.69, 9.17) is 0 Å². The summed E-state index contributed by atoms with van der Waals surface area (Å²) in [5.41, 5.74) is 0.183. The summed E-state index contributed by atoms with van der Waals surface area (Å²) in [4.78, 5) is 11.9. The van der Waals surface area contributed by atoms with Gasteiger partial charge < -0.3 is 10.6 Å². The third-order valence-corrected chi connectivity index (χ3v) is 3.30.